The van der Waals surface area contributed by atoms with E-state index in [0.29, 0.717) is 5.56 Å². The van der Waals surface area contributed by atoms with Crippen LogP contribution in [-0.4, -0.2) is 34.1 Å². The number of carbonyl (C=O) groups is 1. The Morgan fingerprint density at radius 3 is 2.61 bits per heavy atom. The molecule has 3 aliphatic rings. The number of hydrogen-bond donors (Lipinski definition) is 2. The van der Waals surface area contributed by atoms with Crippen molar-refractivity contribution in [2.45, 2.75) is 31.7 Å². The summed E-state index contributed by atoms with van der Waals surface area (Å²) in [6.07, 6.45) is 6.30. The molecule has 2 bridgehead atoms. The Labute approximate surface area is 176 Å². The number of aromatic nitrogens is 3. The number of anilines is 1. The van der Waals surface area contributed by atoms with Gasteiger partial charge in [-0.3, -0.25) is 4.79 Å². The van der Waals surface area contributed by atoms with Crippen LogP contribution in [0.3, 0.4) is 0 Å². The Bertz CT molecular complexity index is 1160. The third-order valence-electron chi connectivity index (χ3n) is 6.69. The second kappa shape index (κ2) is 7.55. The fourth-order valence-corrected chi connectivity index (χ4v) is 5.23. The quantitative estimate of drug-likeness (QED) is 0.599. The Hall–Kier alpha value is -3.10. The first kappa shape index (κ1) is 19.8. The zero-order chi connectivity index (χ0) is 21.7. The summed E-state index contributed by atoms with van der Waals surface area (Å²) < 4.78 is 47.4. The summed E-state index contributed by atoms with van der Waals surface area (Å²) in [7, 11) is 1.36. The molecule has 162 valence electrons. The largest absolute Gasteiger partial charge is 0.469 e. The molecule has 9 heteroatoms. The first-order chi connectivity index (χ1) is 15.0. The number of H-pyrrole nitrogens is 1. The molecule has 3 aliphatic carbocycles. The average molecular weight is 430 g/mol. The van der Waals surface area contributed by atoms with Crippen LogP contribution in [0, 0.1) is 35.2 Å². The Morgan fingerprint density at radius 1 is 1.13 bits per heavy atom. The lowest BCUT2D eigenvalue weighted by Crippen LogP contribution is -2.52. The molecule has 3 aromatic rings. The number of esters is 1. The van der Waals surface area contributed by atoms with Crippen LogP contribution in [0.15, 0.2) is 24.5 Å². The molecule has 6 rings (SSSR count). The van der Waals surface area contributed by atoms with Gasteiger partial charge in [0.1, 0.15) is 11.6 Å². The summed E-state index contributed by atoms with van der Waals surface area (Å²) in [5.41, 5.74) is 0.473. The molecule has 6 nitrogen and oxygen atoms in total. The summed E-state index contributed by atoms with van der Waals surface area (Å²) in [6, 6.07) is 1.67. The van der Waals surface area contributed by atoms with Gasteiger partial charge in [-0.1, -0.05) is 0 Å². The fourth-order valence-electron chi connectivity index (χ4n) is 5.23. The van der Waals surface area contributed by atoms with E-state index in [4.69, 9.17) is 4.74 Å². The molecule has 0 spiro atoms. The predicted molar refractivity (Wildman–Crippen MR) is 108 cm³/mol. The summed E-state index contributed by atoms with van der Waals surface area (Å²) in [5, 5.41) is 3.40. The zero-order valence-electron chi connectivity index (χ0n) is 16.8. The number of methoxy groups -OCH3 is 1. The second-order valence-electron chi connectivity index (χ2n) is 8.30. The first-order valence-electron chi connectivity index (χ1n) is 10.3. The van der Waals surface area contributed by atoms with Crippen molar-refractivity contribution in [3.05, 3.63) is 42.0 Å². The molecule has 3 saturated carbocycles. The van der Waals surface area contributed by atoms with Crippen molar-refractivity contribution in [3.63, 3.8) is 0 Å². The maximum Gasteiger partial charge on any atom is 0.311 e. The van der Waals surface area contributed by atoms with Crippen molar-refractivity contribution >= 4 is 22.7 Å². The van der Waals surface area contributed by atoms with Gasteiger partial charge in [-0.15, -0.1) is 0 Å². The van der Waals surface area contributed by atoms with Crippen molar-refractivity contribution < 1.29 is 22.7 Å². The van der Waals surface area contributed by atoms with Gasteiger partial charge in [0.25, 0.3) is 0 Å². The van der Waals surface area contributed by atoms with Gasteiger partial charge < -0.3 is 15.0 Å². The van der Waals surface area contributed by atoms with Crippen LogP contribution in [0.2, 0.25) is 0 Å². The lowest BCUT2D eigenvalue weighted by molar-refractivity contribution is -0.152. The van der Waals surface area contributed by atoms with E-state index in [1.54, 1.807) is 0 Å². The van der Waals surface area contributed by atoms with Gasteiger partial charge in [-0.2, -0.15) is 0 Å². The zero-order valence-corrected chi connectivity index (χ0v) is 16.8. The van der Waals surface area contributed by atoms with Crippen LogP contribution in [-0.2, 0) is 9.53 Å². The molecular weight excluding hydrogens is 409 g/mol. The molecule has 1 aromatic carbocycles. The van der Waals surface area contributed by atoms with E-state index in [-0.39, 0.29) is 52.3 Å². The van der Waals surface area contributed by atoms with Crippen LogP contribution in [0.4, 0.5) is 19.0 Å². The van der Waals surface area contributed by atoms with Crippen LogP contribution in [0.1, 0.15) is 25.7 Å². The number of hydrogen-bond acceptors (Lipinski definition) is 5. The highest BCUT2D eigenvalue weighted by Crippen LogP contribution is 2.46. The Balaban J connectivity index is 1.52. The van der Waals surface area contributed by atoms with E-state index in [1.807, 2.05) is 0 Å². The lowest BCUT2D eigenvalue weighted by atomic mass is 9.61. The molecule has 0 saturated heterocycles. The minimum absolute atomic E-state index is 0.0392. The van der Waals surface area contributed by atoms with E-state index < -0.39 is 17.5 Å². The van der Waals surface area contributed by atoms with Crippen molar-refractivity contribution in [1.82, 2.24) is 15.0 Å². The molecule has 2 aromatic heterocycles. The first-order valence-corrected chi connectivity index (χ1v) is 10.3. The Kier molecular flexibility index (Phi) is 4.83. The number of benzene rings is 1. The molecule has 2 heterocycles. The monoisotopic (exact) mass is 430 g/mol. The van der Waals surface area contributed by atoms with Crippen molar-refractivity contribution in [2.24, 2.45) is 17.8 Å². The average Bonchev–Trinajstić information content (AvgIpc) is 3.19. The van der Waals surface area contributed by atoms with Gasteiger partial charge in [0.2, 0.25) is 0 Å². The number of aromatic amines is 1. The number of carbonyl (C=O) groups excluding carboxylic acids is 1. The lowest BCUT2D eigenvalue weighted by Gasteiger charge is -2.47. The van der Waals surface area contributed by atoms with E-state index >= 15 is 0 Å². The molecule has 0 amide bonds. The van der Waals surface area contributed by atoms with Crippen molar-refractivity contribution in [1.29, 1.82) is 0 Å². The molecule has 0 aliphatic heterocycles. The molecule has 3 fully saturated rings. The van der Waals surface area contributed by atoms with Gasteiger partial charge in [0, 0.05) is 29.3 Å². The third-order valence-corrected chi connectivity index (χ3v) is 6.69. The summed E-state index contributed by atoms with van der Waals surface area (Å²) in [4.78, 5) is 23.5. The Morgan fingerprint density at radius 2 is 1.87 bits per heavy atom. The highest BCUT2D eigenvalue weighted by molar-refractivity contribution is 5.94. The molecule has 31 heavy (non-hydrogen) atoms. The molecular formula is C22H21F3N4O2. The summed E-state index contributed by atoms with van der Waals surface area (Å²) in [6.45, 7) is 0. The summed E-state index contributed by atoms with van der Waals surface area (Å²) in [5.74, 6) is -2.31. The van der Waals surface area contributed by atoms with Gasteiger partial charge in [0.05, 0.1) is 24.7 Å². The van der Waals surface area contributed by atoms with Gasteiger partial charge in [0.15, 0.2) is 17.5 Å². The van der Waals surface area contributed by atoms with Crippen molar-refractivity contribution in [2.75, 3.05) is 12.4 Å². The van der Waals surface area contributed by atoms with Gasteiger partial charge >= 0.3 is 5.97 Å². The second-order valence-corrected chi connectivity index (χ2v) is 8.30. The number of halogens is 3. The topological polar surface area (TPSA) is 79.9 Å². The van der Waals surface area contributed by atoms with Crippen LogP contribution >= 0.6 is 0 Å². The summed E-state index contributed by atoms with van der Waals surface area (Å²) >= 11 is 0. The fraction of sp³-hybridized carbons (Fsp3) is 0.409. The predicted octanol–water partition coefficient (Wildman–Crippen LogP) is 4.43. The molecule has 2 N–H and O–H groups in total. The number of nitrogens with zero attached hydrogens (tertiary/aromatic N) is 2. The molecule has 2 unspecified atom stereocenters. The SMILES string of the molecule is COC(=O)C1C2CCC(CC2)C1Nc1nc(-c2c[nH]c3c(F)cc(F)cc23)ncc1F. The van der Waals surface area contributed by atoms with Crippen molar-refractivity contribution in [3.8, 4) is 11.4 Å². The van der Waals surface area contributed by atoms with Crippen LogP contribution in [0.5, 0.6) is 0 Å². The van der Waals surface area contributed by atoms with E-state index in [0.717, 1.165) is 37.9 Å². The smallest absolute Gasteiger partial charge is 0.311 e. The number of fused-ring (bicyclic) bond motifs is 4. The van der Waals surface area contributed by atoms with E-state index in [2.05, 4.69) is 20.3 Å². The van der Waals surface area contributed by atoms with Gasteiger partial charge in [-0.05, 0) is 43.6 Å². The number of nitrogens with one attached hydrogen (secondary N) is 2. The van der Waals surface area contributed by atoms with E-state index in [1.165, 1.54) is 19.4 Å². The highest BCUT2D eigenvalue weighted by atomic mass is 19.1. The number of ether oxygens (including phenoxy) is 1. The maximum absolute atomic E-state index is 14.6. The highest BCUT2D eigenvalue weighted by Gasteiger charge is 2.48. The minimum atomic E-state index is -0.735. The standard InChI is InChI=1S/C22H21F3N4O2/c1-31-22(30)17-10-2-4-11(5-3-10)18(17)28-21-16(25)9-27-20(29-21)14-8-26-19-13(14)6-12(23)7-15(19)24/h6-11,17-18,26H,2-5H2,1H3,(H,27,28,29). The molecule has 0 radical (unpaired) electrons. The normalized spacial score (nSPS) is 25.0. The third kappa shape index (κ3) is 3.32. The van der Waals surface area contributed by atoms with E-state index in [9.17, 15) is 18.0 Å². The van der Waals surface area contributed by atoms with Gasteiger partial charge in [-0.25, -0.2) is 23.1 Å². The minimum Gasteiger partial charge on any atom is -0.469 e. The molecule has 2 atom stereocenters. The number of rotatable bonds is 4. The van der Waals surface area contributed by atoms with Crippen LogP contribution in [0.25, 0.3) is 22.3 Å². The maximum atomic E-state index is 14.6. The van der Waals surface area contributed by atoms with Crippen LogP contribution < -0.4 is 5.32 Å².